The molecular formula is C16H24. The van der Waals surface area contributed by atoms with Crippen LogP contribution in [0.3, 0.4) is 0 Å². The Morgan fingerprint density at radius 3 is 2.38 bits per heavy atom. The molecule has 0 bridgehead atoms. The lowest BCUT2D eigenvalue weighted by molar-refractivity contribution is 0.678. The molecule has 0 aliphatic carbocycles. The lowest BCUT2D eigenvalue weighted by Gasteiger charge is -2.07. The van der Waals surface area contributed by atoms with Crippen LogP contribution in [-0.4, -0.2) is 0 Å². The quantitative estimate of drug-likeness (QED) is 0.532. The molecule has 0 amide bonds. The van der Waals surface area contributed by atoms with E-state index in [-0.39, 0.29) is 0 Å². The van der Waals surface area contributed by atoms with Crippen molar-refractivity contribution in [1.82, 2.24) is 0 Å². The van der Waals surface area contributed by atoms with Gasteiger partial charge < -0.3 is 0 Å². The van der Waals surface area contributed by atoms with E-state index in [0.717, 1.165) is 6.42 Å². The summed E-state index contributed by atoms with van der Waals surface area (Å²) < 4.78 is 0. The van der Waals surface area contributed by atoms with Crippen LogP contribution in [0.25, 0.3) is 5.57 Å². The van der Waals surface area contributed by atoms with E-state index in [9.17, 15) is 0 Å². The fraction of sp³-hybridized carbons (Fsp3) is 0.500. The average Bonchev–Trinajstić information content (AvgIpc) is 2.34. The van der Waals surface area contributed by atoms with E-state index in [1.807, 2.05) is 0 Å². The van der Waals surface area contributed by atoms with E-state index in [2.05, 4.69) is 50.3 Å². The third-order valence-corrected chi connectivity index (χ3v) is 2.89. The first-order valence-corrected chi connectivity index (χ1v) is 6.63. The minimum Gasteiger partial charge on any atom is -0.0810 e. The van der Waals surface area contributed by atoms with Crippen molar-refractivity contribution in [3.05, 3.63) is 42.0 Å². The summed E-state index contributed by atoms with van der Waals surface area (Å²) in [6, 6.07) is 10.8. The maximum absolute atomic E-state index is 2.38. The standard InChI is InChI=1S/C16H24/c1-3-5-6-8-12-15(11-4-2)16-13-9-7-10-14-16/h7,9-11,13-14H,3-6,8,12H2,1-2H3. The van der Waals surface area contributed by atoms with E-state index in [1.54, 1.807) is 0 Å². The third kappa shape index (κ3) is 4.65. The van der Waals surface area contributed by atoms with E-state index in [1.165, 1.54) is 43.2 Å². The van der Waals surface area contributed by atoms with Gasteiger partial charge in [-0.3, -0.25) is 0 Å². The van der Waals surface area contributed by atoms with Crippen LogP contribution in [0.1, 0.15) is 57.9 Å². The highest BCUT2D eigenvalue weighted by molar-refractivity contribution is 5.65. The van der Waals surface area contributed by atoms with Crippen LogP contribution < -0.4 is 0 Å². The molecule has 0 saturated heterocycles. The molecule has 16 heavy (non-hydrogen) atoms. The van der Waals surface area contributed by atoms with Crippen molar-refractivity contribution in [2.45, 2.75) is 52.4 Å². The highest BCUT2D eigenvalue weighted by atomic mass is 14.0. The maximum Gasteiger partial charge on any atom is -0.0228 e. The zero-order valence-corrected chi connectivity index (χ0v) is 10.7. The summed E-state index contributed by atoms with van der Waals surface area (Å²) in [5.74, 6) is 0. The molecule has 88 valence electrons. The molecule has 0 heterocycles. The van der Waals surface area contributed by atoms with Gasteiger partial charge in [-0.15, -0.1) is 0 Å². The summed E-state index contributed by atoms with van der Waals surface area (Å²) in [7, 11) is 0. The Labute approximate surface area is 100 Å². The number of benzene rings is 1. The summed E-state index contributed by atoms with van der Waals surface area (Å²) in [6.07, 6.45) is 10.1. The Morgan fingerprint density at radius 1 is 1.00 bits per heavy atom. The van der Waals surface area contributed by atoms with Crippen LogP contribution >= 0.6 is 0 Å². The Balaban J connectivity index is 2.52. The molecule has 1 rings (SSSR count). The normalized spacial score (nSPS) is 11.8. The van der Waals surface area contributed by atoms with Gasteiger partial charge in [0.05, 0.1) is 0 Å². The number of hydrogen-bond acceptors (Lipinski definition) is 0. The number of rotatable bonds is 7. The number of hydrogen-bond donors (Lipinski definition) is 0. The van der Waals surface area contributed by atoms with E-state index in [4.69, 9.17) is 0 Å². The molecule has 0 saturated carbocycles. The SMILES string of the molecule is CCC=C(CCCCCC)c1ccccc1. The second-order valence-electron chi connectivity index (χ2n) is 4.31. The zero-order chi connectivity index (χ0) is 11.6. The summed E-state index contributed by atoms with van der Waals surface area (Å²) >= 11 is 0. The molecular weight excluding hydrogens is 192 g/mol. The topological polar surface area (TPSA) is 0 Å². The third-order valence-electron chi connectivity index (χ3n) is 2.89. The molecule has 0 aromatic heterocycles. The Bertz CT molecular complexity index is 295. The summed E-state index contributed by atoms with van der Waals surface area (Å²) in [5, 5.41) is 0. The van der Waals surface area contributed by atoms with Crippen LogP contribution in [0.4, 0.5) is 0 Å². The van der Waals surface area contributed by atoms with Crippen molar-refractivity contribution in [3.8, 4) is 0 Å². The molecule has 0 heteroatoms. The van der Waals surface area contributed by atoms with Gasteiger partial charge in [0.15, 0.2) is 0 Å². The predicted molar refractivity (Wildman–Crippen MR) is 73.5 cm³/mol. The zero-order valence-electron chi connectivity index (χ0n) is 10.7. The molecule has 0 atom stereocenters. The lowest BCUT2D eigenvalue weighted by atomic mass is 9.98. The average molecular weight is 216 g/mol. The molecule has 1 aromatic carbocycles. The van der Waals surface area contributed by atoms with E-state index >= 15 is 0 Å². The first-order valence-electron chi connectivity index (χ1n) is 6.63. The van der Waals surface area contributed by atoms with Crippen LogP contribution in [0, 0.1) is 0 Å². The maximum atomic E-state index is 2.38. The first kappa shape index (κ1) is 13.0. The lowest BCUT2D eigenvalue weighted by Crippen LogP contribution is -1.86. The van der Waals surface area contributed by atoms with Gasteiger partial charge >= 0.3 is 0 Å². The number of allylic oxidation sites excluding steroid dienone is 2. The van der Waals surface area contributed by atoms with Crippen LogP contribution in [-0.2, 0) is 0 Å². The Morgan fingerprint density at radius 2 is 1.75 bits per heavy atom. The van der Waals surface area contributed by atoms with Crippen molar-refractivity contribution in [2.24, 2.45) is 0 Å². The summed E-state index contributed by atoms with van der Waals surface area (Å²) in [6.45, 7) is 4.48. The molecule has 0 radical (unpaired) electrons. The Kier molecular flexibility index (Phi) is 6.64. The second-order valence-corrected chi connectivity index (χ2v) is 4.31. The van der Waals surface area contributed by atoms with Crippen molar-refractivity contribution in [3.63, 3.8) is 0 Å². The Hall–Kier alpha value is -1.04. The fourth-order valence-corrected chi connectivity index (χ4v) is 2.01. The monoisotopic (exact) mass is 216 g/mol. The molecule has 0 N–H and O–H groups in total. The largest absolute Gasteiger partial charge is 0.0810 e. The van der Waals surface area contributed by atoms with Crippen molar-refractivity contribution < 1.29 is 0 Å². The van der Waals surface area contributed by atoms with Crippen molar-refractivity contribution >= 4 is 5.57 Å². The van der Waals surface area contributed by atoms with Gasteiger partial charge in [-0.2, -0.15) is 0 Å². The molecule has 1 aromatic rings. The van der Waals surface area contributed by atoms with Crippen molar-refractivity contribution in [1.29, 1.82) is 0 Å². The number of unbranched alkanes of at least 4 members (excludes halogenated alkanes) is 3. The first-order chi connectivity index (χ1) is 7.88. The van der Waals surface area contributed by atoms with Crippen LogP contribution in [0.5, 0.6) is 0 Å². The van der Waals surface area contributed by atoms with Gasteiger partial charge in [-0.05, 0) is 30.4 Å². The van der Waals surface area contributed by atoms with Crippen LogP contribution in [0.2, 0.25) is 0 Å². The van der Waals surface area contributed by atoms with Crippen molar-refractivity contribution in [2.75, 3.05) is 0 Å². The molecule has 0 aliphatic heterocycles. The van der Waals surface area contributed by atoms with Crippen LogP contribution in [0.15, 0.2) is 36.4 Å². The van der Waals surface area contributed by atoms with Gasteiger partial charge in [0, 0.05) is 0 Å². The van der Waals surface area contributed by atoms with E-state index in [0.29, 0.717) is 0 Å². The molecule has 0 unspecified atom stereocenters. The van der Waals surface area contributed by atoms with Gasteiger partial charge in [-0.1, -0.05) is 69.5 Å². The molecule has 0 nitrogen and oxygen atoms in total. The minimum absolute atomic E-state index is 1.14. The van der Waals surface area contributed by atoms with Gasteiger partial charge in [0.2, 0.25) is 0 Å². The van der Waals surface area contributed by atoms with Gasteiger partial charge in [-0.25, -0.2) is 0 Å². The summed E-state index contributed by atoms with van der Waals surface area (Å²) in [4.78, 5) is 0. The summed E-state index contributed by atoms with van der Waals surface area (Å²) in [5.41, 5.74) is 2.93. The van der Waals surface area contributed by atoms with E-state index < -0.39 is 0 Å². The highest BCUT2D eigenvalue weighted by Crippen LogP contribution is 2.21. The van der Waals surface area contributed by atoms with Gasteiger partial charge in [0.25, 0.3) is 0 Å². The smallest absolute Gasteiger partial charge is 0.0228 e. The second kappa shape index (κ2) is 8.15. The predicted octanol–water partition coefficient (Wildman–Crippen LogP) is 5.45. The minimum atomic E-state index is 1.14. The highest BCUT2D eigenvalue weighted by Gasteiger charge is 1.99. The molecule has 0 fully saturated rings. The van der Waals surface area contributed by atoms with Gasteiger partial charge in [0.1, 0.15) is 0 Å². The fourth-order valence-electron chi connectivity index (χ4n) is 2.01. The molecule has 0 aliphatic rings. The molecule has 0 spiro atoms.